The molecule has 1 fully saturated rings. The number of benzene rings is 2. The zero-order chi connectivity index (χ0) is 17.9. The molecule has 7 heteroatoms. The third kappa shape index (κ3) is 3.56. The van der Waals surface area contributed by atoms with Crippen LogP contribution in [0.25, 0.3) is 0 Å². The Hall–Kier alpha value is -2.67. The SMILES string of the molecule is COc1cccc(OCC(=O)NC2(c3c(F)cccc3F)COC2)c1. The molecule has 1 saturated heterocycles. The molecular formula is C18H17F2NO4. The van der Waals surface area contributed by atoms with Gasteiger partial charge in [0.1, 0.15) is 28.7 Å². The number of hydrogen-bond donors (Lipinski definition) is 1. The van der Waals surface area contributed by atoms with Gasteiger partial charge in [0, 0.05) is 6.07 Å². The number of carbonyl (C=O) groups excluding carboxylic acids is 1. The smallest absolute Gasteiger partial charge is 0.258 e. The maximum Gasteiger partial charge on any atom is 0.258 e. The number of amides is 1. The molecule has 1 aliphatic heterocycles. The van der Waals surface area contributed by atoms with Crippen LogP contribution < -0.4 is 14.8 Å². The fraction of sp³-hybridized carbons (Fsp3) is 0.278. The first-order chi connectivity index (χ1) is 12.0. The zero-order valence-corrected chi connectivity index (χ0v) is 13.6. The van der Waals surface area contributed by atoms with Crippen molar-refractivity contribution in [3.8, 4) is 11.5 Å². The summed E-state index contributed by atoms with van der Waals surface area (Å²) in [5.74, 6) is -0.913. The molecule has 0 atom stereocenters. The van der Waals surface area contributed by atoms with Crippen LogP contribution in [0, 0.1) is 11.6 Å². The topological polar surface area (TPSA) is 56.8 Å². The van der Waals surface area contributed by atoms with Gasteiger partial charge in [-0.2, -0.15) is 0 Å². The highest BCUT2D eigenvalue weighted by Crippen LogP contribution is 2.33. The van der Waals surface area contributed by atoms with E-state index in [1.807, 2.05) is 0 Å². The maximum atomic E-state index is 14.1. The minimum Gasteiger partial charge on any atom is -0.497 e. The lowest BCUT2D eigenvalue weighted by Gasteiger charge is -2.42. The lowest BCUT2D eigenvalue weighted by Crippen LogP contribution is -2.61. The molecule has 0 aromatic heterocycles. The molecule has 2 aromatic carbocycles. The van der Waals surface area contributed by atoms with E-state index in [1.54, 1.807) is 24.3 Å². The average Bonchev–Trinajstić information content (AvgIpc) is 2.57. The van der Waals surface area contributed by atoms with Crippen molar-refractivity contribution in [2.24, 2.45) is 0 Å². The third-order valence-corrected chi connectivity index (χ3v) is 3.93. The summed E-state index contributed by atoms with van der Waals surface area (Å²) in [5.41, 5.74) is -1.42. The summed E-state index contributed by atoms with van der Waals surface area (Å²) >= 11 is 0. The monoisotopic (exact) mass is 349 g/mol. The molecule has 2 aromatic rings. The summed E-state index contributed by atoms with van der Waals surface area (Å²) in [5, 5.41) is 2.63. The molecule has 1 amide bonds. The Labute approximate surface area is 143 Å². The van der Waals surface area contributed by atoms with Crippen LogP contribution in [-0.4, -0.2) is 32.8 Å². The number of hydrogen-bond acceptors (Lipinski definition) is 4. The van der Waals surface area contributed by atoms with Crippen LogP contribution >= 0.6 is 0 Å². The van der Waals surface area contributed by atoms with Crippen LogP contribution in [0.2, 0.25) is 0 Å². The predicted molar refractivity (Wildman–Crippen MR) is 85.5 cm³/mol. The fourth-order valence-electron chi connectivity index (χ4n) is 2.68. The second-order valence-corrected chi connectivity index (χ2v) is 5.69. The summed E-state index contributed by atoms with van der Waals surface area (Å²) in [4.78, 5) is 12.2. The molecule has 3 rings (SSSR count). The maximum absolute atomic E-state index is 14.1. The van der Waals surface area contributed by atoms with Gasteiger partial charge in [0.2, 0.25) is 0 Å². The highest BCUT2D eigenvalue weighted by Gasteiger charge is 2.45. The Balaban J connectivity index is 1.68. The Kier molecular flexibility index (Phi) is 4.85. The molecule has 5 nitrogen and oxygen atoms in total. The van der Waals surface area contributed by atoms with E-state index in [2.05, 4.69) is 5.32 Å². The van der Waals surface area contributed by atoms with E-state index in [-0.39, 0.29) is 25.4 Å². The van der Waals surface area contributed by atoms with Gasteiger partial charge in [0.05, 0.1) is 25.9 Å². The van der Waals surface area contributed by atoms with Gasteiger partial charge >= 0.3 is 0 Å². The zero-order valence-electron chi connectivity index (χ0n) is 13.6. The van der Waals surface area contributed by atoms with E-state index in [9.17, 15) is 13.6 Å². The standard InChI is InChI=1S/C18H17F2NO4/c1-23-12-4-2-5-13(8-12)25-9-16(22)21-18(10-24-11-18)17-14(19)6-3-7-15(17)20/h2-8H,9-11H2,1H3,(H,21,22). The number of rotatable bonds is 6. The summed E-state index contributed by atoms with van der Waals surface area (Å²) in [6, 6.07) is 10.3. The van der Waals surface area contributed by atoms with E-state index < -0.39 is 23.1 Å². The van der Waals surface area contributed by atoms with Gasteiger partial charge in [-0.3, -0.25) is 4.79 Å². The van der Waals surface area contributed by atoms with Gasteiger partial charge in [-0.1, -0.05) is 12.1 Å². The second-order valence-electron chi connectivity index (χ2n) is 5.69. The van der Waals surface area contributed by atoms with E-state index in [0.29, 0.717) is 11.5 Å². The number of carbonyl (C=O) groups is 1. The molecule has 1 aliphatic rings. The number of halogens is 2. The van der Waals surface area contributed by atoms with Gasteiger partial charge in [0.15, 0.2) is 6.61 Å². The minimum atomic E-state index is -1.22. The van der Waals surface area contributed by atoms with Crippen LogP contribution in [0.3, 0.4) is 0 Å². The molecule has 25 heavy (non-hydrogen) atoms. The molecule has 1 heterocycles. The Morgan fingerprint density at radius 2 is 1.80 bits per heavy atom. The van der Waals surface area contributed by atoms with Crippen LogP contribution in [0.15, 0.2) is 42.5 Å². The second kappa shape index (κ2) is 7.06. The van der Waals surface area contributed by atoms with E-state index in [1.165, 1.54) is 13.2 Å². The van der Waals surface area contributed by atoms with Crippen LogP contribution in [0.1, 0.15) is 5.56 Å². The normalized spacial score (nSPS) is 15.2. The van der Waals surface area contributed by atoms with Crippen molar-refractivity contribution in [2.45, 2.75) is 5.54 Å². The Morgan fingerprint density at radius 3 is 2.40 bits per heavy atom. The Morgan fingerprint density at radius 1 is 1.16 bits per heavy atom. The van der Waals surface area contributed by atoms with Crippen LogP contribution in [-0.2, 0) is 15.1 Å². The minimum absolute atomic E-state index is 0.00421. The highest BCUT2D eigenvalue weighted by molar-refractivity contribution is 5.79. The predicted octanol–water partition coefficient (Wildman–Crippen LogP) is 2.39. The van der Waals surface area contributed by atoms with Gasteiger partial charge in [-0.25, -0.2) is 8.78 Å². The quantitative estimate of drug-likeness (QED) is 0.870. The first-order valence-electron chi connectivity index (χ1n) is 7.64. The first-order valence-corrected chi connectivity index (χ1v) is 7.64. The molecule has 0 aliphatic carbocycles. The van der Waals surface area contributed by atoms with Gasteiger partial charge in [-0.15, -0.1) is 0 Å². The van der Waals surface area contributed by atoms with Crippen molar-refractivity contribution in [1.82, 2.24) is 5.32 Å². The molecule has 0 radical (unpaired) electrons. The van der Waals surface area contributed by atoms with Gasteiger partial charge in [0.25, 0.3) is 5.91 Å². The molecule has 1 N–H and O–H groups in total. The molecule has 0 bridgehead atoms. The fourth-order valence-corrected chi connectivity index (χ4v) is 2.68. The van der Waals surface area contributed by atoms with Gasteiger partial charge < -0.3 is 19.5 Å². The van der Waals surface area contributed by atoms with E-state index >= 15 is 0 Å². The van der Waals surface area contributed by atoms with Crippen LogP contribution in [0.4, 0.5) is 8.78 Å². The molecule has 0 saturated carbocycles. The number of nitrogens with one attached hydrogen (secondary N) is 1. The summed E-state index contributed by atoms with van der Waals surface area (Å²) in [6.07, 6.45) is 0. The number of ether oxygens (including phenoxy) is 3. The third-order valence-electron chi connectivity index (χ3n) is 3.93. The van der Waals surface area contributed by atoms with Crippen molar-refractivity contribution in [3.63, 3.8) is 0 Å². The summed E-state index contributed by atoms with van der Waals surface area (Å²) in [7, 11) is 1.52. The van der Waals surface area contributed by atoms with Crippen molar-refractivity contribution >= 4 is 5.91 Å². The largest absolute Gasteiger partial charge is 0.497 e. The molecule has 0 spiro atoms. The first kappa shape index (κ1) is 17.2. The number of methoxy groups -OCH3 is 1. The van der Waals surface area contributed by atoms with Crippen molar-refractivity contribution in [2.75, 3.05) is 26.9 Å². The Bertz CT molecular complexity index is 757. The van der Waals surface area contributed by atoms with E-state index in [4.69, 9.17) is 14.2 Å². The lowest BCUT2D eigenvalue weighted by atomic mass is 9.87. The van der Waals surface area contributed by atoms with Crippen molar-refractivity contribution in [1.29, 1.82) is 0 Å². The van der Waals surface area contributed by atoms with Crippen molar-refractivity contribution in [3.05, 3.63) is 59.7 Å². The van der Waals surface area contributed by atoms with Gasteiger partial charge in [-0.05, 0) is 24.3 Å². The van der Waals surface area contributed by atoms with E-state index in [0.717, 1.165) is 12.1 Å². The summed E-state index contributed by atoms with van der Waals surface area (Å²) in [6.45, 7) is -0.309. The average molecular weight is 349 g/mol. The highest BCUT2D eigenvalue weighted by atomic mass is 19.1. The molecular weight excluding hydrogens is 332 g/mol. The lowest BCUT2D eigenvalue weighted by molar-refractivity contribution is -0.136. The molecule has 132 valence electrons. The molecule has 0 unspecified atom stereocenters. The van der Waals surface area contributed by atoms with Crippen LogP contribution in [0.5, 0.6) is 11.5 Å². The summed E-state index contributed by atoms with van der Waals surface area (Å²) < 4.78 is 43.7. The van der Waals surface area contributed by atoms with Crippen molar-refractivity contribution < 1.29 is 27.8 Å².